The van der Waals surface area contributed by atoms with E-state index < -0.39 is 6.61 Å². The molecule has 0 fully saturated rings. The molecule has 0 radical (unpaired) electrons. The summed E-state index contributed by atoms with van der Waals surface area (Å²) < 4.78 is 35.5. The SMILES string of the molecule is O=C(CCCOc1ccc2c(c1)CCC(=O)N2)Nc1nc(-c2ccccc2OC(F)F)cs1. The average Bonchev–Trinajstić information content (AvgIpc) is 3.25. The molecule has 2 amide bonds. The molecule has 10 heteroatoms. The highest BCUT2D eigenvalue weighted by Gasteiger charge is 2.16. The molecule has 0 saturated heterocycles. The van der Waals surface area contributed by atoms with Gasteiger partial charge in [-0.25, -0.2) is 4.98 Å². The first-order chi connectivity index (χ1) is 16.0. The van der Waals surface area contributed by atoms with Crippen molar-refractivity contribution in [3.8, 4) is 22.8 Å². The number of rotatable bonds is 9. The van der Waals surface area contributed by atoms with E-state index in [2.05, 4.69) is 20.4 Å². The normalized spacial score (nSPS) is 12.8. The number of benzene rings is 2. The molecule has 2 N–H and O–H groups in total. The summed E-state index contributed by atoms with van der Waals surface area (Å²) in [5.41, 5.74) is 2.71. The van der Waals surface area contributed by atoms with Gasteiger partial charge in [0.25, 0.3) is 0 Å². The zero-order valence-corrected chi connectivity index (χ0v) is 18.3. The molecule has 0 bridgehead atoms. The van der Waals surface area contributed by atoms with Crippen LogP contribution in [0.5, 0.6) is 11.5 Å². The lowest BCUT2D eigenvalue weighted by molar-refractivity contribution is -0.117. The van der Waals surface area contributed by atoms with Gasteiger partial charge in [-0.3, -0.25) is 9.59 Å². The van der Waals surface area contributed by atoms with Crippen LogP contribution in [0, 0.1) is 0 Å². The Morgan fingerprint density at radius 2 is 2.06 bits per heavy atom. The number of fused-ring (bicyclic) bond motifs is 1. The van der Waals surface area contributed by atoms with Crippen LogP contribution >= 0.6 is 11.3 Å². The highest BCUT2D eigenvalue weighted by atomic mass is 32.1. The number of nitrogens with one attached hydrogen (secondary N) is 2. The summed E-state index contributed by atoms with van der Waals surface area (Å²) in [6, 6.07) is 11.9. The van der Waals surface area contributed by atoms with Gasteiger partial charge in [0, 0.05) is 29.5 Å². The number of nitrogens with zero attached hydrogens (tertiary/aromatic N) is 1. The molecule has 2 aromatic carbocycles. The predicted molar refractivity (Wildman–Crippen MR) is 121 cm³/mol. The van der Waals surface area contributed by atoms with Gasteiger partial charge in [-0.05, 0) is 48.7 Å². The van der Waals surface area contributed by atoms with Crippen molar-refractivity contribution in [3.63, 3.8) is 0 Å². The summed E-state index contributed by atoms with van der Waals surface area (Å²) in [6.45, 7) is -2.58. The van der Waals surface area contributed by atoms with Crippen molar-refractivity contribution in [2.24, 2.45) is 0 Å². The van der Waals surface area contributed by atoms with Gasteiger partial charge in [-0.15, -0.1) is 11.3 Å². The van der Waals surface area contributed by atoms with Crippen LogP contribution in [0.1, 0.15) is 24.8 Å². The first-order valence-corrected chi connectivity index (χ1v) is 11.2. The van der Waals surface area contributed by atoms with E-state index in [1.165, 1.54) is 17.4 Å². The minimum Gasteiger partial charge on any atom is -0.494 e. The Hall–Kier alpha value is -3.53. The third-order valence-electron chi connectivity index (χ3n) is 4.92. The molecule has 0 spiro atoms. The molecule has 172 valence electrons. The summed E-state index contributed by atoms with van der Waals surface area (Å²) in [6.07, 6.45) is 1.87. The Morgan fingerprint density at radius 1 is 1.21 bits per heavy atom. The second-order valence-corrected chi connectivity index (χ2v) is 8.14. The van der Waals surface area contributed by atoms with Gasteiger partial charge in [0.2, 0.25) is 11.8 Å². The fourth-order valence-corrected chi connectivity index (χ4v) is 4.11. The van der Waals surface area contributed by atoms with E-state index in [4.69, 9.17) is 4.74 Å². The van der Waals surface area contributed by atoms with Gasteiger partial charge in [0.05, 0.1) is 12.3 Å². The molecule has 1 aliphatic rings. The Balaban J connectivity index is 1.25. The molecule has 1 aliphatic heterocycles. The third-order valence-corrected chi connectivity index (χ3v) is 5.68. The average molecular weight is 474 g/mol. The van der Waals surface area contributed by atoms with Crippen molar-refractivity contribution in [2.75, 3.05) is 17.2 Å². The van der Waals surface area contributed by atoms with Crippen LogP contribution in [-0.4, -0.2) is 30.0 Å². The minimum atomic E-state index is -2.94. The number of anilines is 2. The predicted octanol–water partition coefficient (Wildman–Crippen LogP) is 5.09. The molecule has 2 heterocycles. The molecule has 1 aromatic heterocycles. The summed E-state index contributed by atoms with van der Waals surface area (Å²) in [5.74, 6) is 0.516. The molecule has 4 rings (SSSR count). The zero-order valence-electron chi connectivity index (χ0n) is 17.5. The summed E-state index contributed by atoms with van der Waals surface area (Å²) in [7, 11) is 0. The van der Waals surface area contributed by atoms with Crippen LogP contribution in [0.15, 0.2) is 47.8 Å². The molecule has 0 unspecified atom stereocenters. The quantitative estimate of drug-likeness (QED) is 0.423. The number of ether oxygens (including phenoxy) is 2. The number of alkyl halides is 2. The van der Waals surface area contributed by atoms with Crippen LogP contribution in [0.25, 0.3) is 11.3 Å². The lowest BCUT2D eigenvalue weighted by Gasteiger charge is -2.17. The van der Waals surface area contributed by atoms with Gasteiger partial charge in [-0.1, -0.05) is 12.1 Å². The van der Waals surface area contributed by atoms with E-state index in [0.717, 1.165) is 11.3 Å². The molecular formula is C23H21F2N3O4S. The summed E-state index contributed by atoms with van der Waals surface area (Å²) >= 11 is 1.20. The molecule has 7 nitrogen and oxygen atoms in total. The summed E-state index contributed by atoms with van der Waals surface area (Å²) in [5, 5.41) is 7.59. The number of para-hydroxylation sites is 1. The maximum atomic E-state index is 12.6. The van der Waals surface area contributed by atoms with Crippen LogP contribution in [0.2, 0.25) is 0 Å². The molecule has 0 atom stereocenters. The van der Waals surface area contributed by atoms with E-state index in [1.54, 1.807) is 29.6 Å². The molecule has 3 aromatic rings. The Bertz CT molecular complexity index is 1150. The Morgan fingerprint density at radius 3 is 2.91 bits per heavy atom. The van der Waals surface area contributed by atoms with Crippen molar-refractivity contribution in [1.82, 2.24) is 4.98 Å². The number of carbonyl (C=O) groups is 2. The van der Waals surface area contributed by atoms with E-state index in [9.17, 15) is 18.4 Å². The minimum absolute atomic E-state index is 0.0141. The van der Waals surface area contributed by atoms with Crippen LogP contribution in [0.3, 0.4) is 0 Å². The smallest absolute Gasteiger partial charge is 0.387 e. The molecule has 33 heavy (non-hydrogen) atoms. The number of hydrogen-bond donors (Lipinski definition) is 2. The maximum Gasteiger partial charge on any atom is 0.387 e. The summed E-state index contributed by atoms with van der Waals surface area (Å²) in [4.78, 5) is 28.0. The monoisotopic (exact) mass is 473 g/mol. The van der Waals surface area contributed by atoms with Crippen LogP contribution < -0.4 is 20.1 Å². The fourth-order valence-electron chi connectivity index (χ4n) is 3.39. The van der Waals surface area contributed by atoms with Gasteiger partial charge in [-0.2, -0.15) is 8.78 Å². The first-order valence-electron chi connectivity index (χ1n) is 10.3. The highest BCUT2D eigenvalue weighted by Crippen LogP contribution is 2.33. The number of aryl methyl sites for hydroxylation is 1. The van der Waals surface area contributed by atoms with Crippen molar-refractivity contribution in [2.45, 2.75) is 32.3 Å². The third kappa shape index (κ3) is 6.04. The highest BCUT2D eigenvalue weighted by molar-refractivity contribution is 7.14. The number of hydrogen-bond acceptors (Lipinski definition) is 6. The van der Waals surface area contributed by atoms with E-state index in [1.807, 2.05) is 12.1 Å². The van der Waals surface area contributed by atoms with E-state index in [-0.39, 0.29) is 24.0 Å². The Labute approximate surface area is 192 Å². The van der Waals surface area contributed by atoms with Crippen molar-refractivity contribution in [3.05, 3.63) is 53.4 Å². The largest absolute Gasteiger partial charge is 0.494 e. The lowest BCUT2D eigenvalue weighted by Crippen LogP contribution is -2.18. The zero-order chi connectivity index (χ0) is 23.2. The second kappa shape index (κ2) is 10.4. The van der Waals surface area contributed by atoms with Gasteiger partial charge in [0.1, 0.15) is 11.5 Å². The maximum absolute atomic E-state index is 12.6. The number of aromatic nitrogens is 1. The fraction of sp³-hybridized carbons (Fsp3) is 0.261. The van der Waals surface area contributed by atoms with Gasteiger partial charge >= 0.3 is 6.61 Å². The number of amides is 2. The number of carbonyl (C=O) groups excluding carboxylic acids is 2. The van der Waals surface area contributed by atoms with Crippen molar-refractivity contribution >= 4 is 34.0 Å². The van der Waals surface area contributed by atoms with Gasteiger partial charge in [0.15, 0.2) is 5.13 Å². The van der Waals surface area contributed by atoms with Gasteiger partial charge < -0.3 is 20.1 Å². The topological polar surface area (TPSA) is 89.6 Å². The number of thiazole rings is 1. The first kappa shape index (κ1) is 22.7. The van der Waals surface area contributed by atoms with E-state index >= 15 is 0 Å². The van der Waals surface area contributed by atoms with Crippen molar-refractivity contribution in [1.29, 1.82) is 0 Å². The van der Waals surface area contributed by atoms with Crippen LogP contribution in [0.4, 0.5) is 19.6 Å². The lowest BCUT2D eigenvalue weighted by atomic mass is 10.0. The second-order valence-electron chi connectivity index (χ2n) is 7.28. The van der Waals surface area contributed by atoms with Crippen molar-refractivity contribution < 1.29 is 27.8 Å². The standard InChI is InChI=1S/C23H21F2N3O4S/c24-22(25)32-19-5-2-1-4-16(19)18-13-33-23(27-18)28-20(29)6-3-11-31-15-8-9-17-14(12-15)7-10-21(30)26-17/h1-2,4-5,8-9,12-13,22H,3,6-7,10-11H2,(H,26,30)(H,27,28,29). The molecule has 0 aliphatic carbocycles. The number of halogens is 2. The van der Waals surface area contributed by atoms with Crippen LogP contribution in [-0.2, 0) is 16.0 Å². The molecule has 0 saturated carbocycles. The van der Waals surface area contributed by atoms with E-state index in [0.29, 0.717) is 48.0 Å². The molecular weight excluding hydrogens is 452 g/mol. The Kier molecular flexibility index (Phi) is 7.13.